The van der Waals surface area contributed by atoms with Crippen LogP contribution in [0.4, 0.5) is 4.39 Å². The number of hydrogen-bond donors (Lipinski definition) is 1. The Bertz CT molecular complexity index is 1580. The van der Waals surface area contributed by atoms with Crippen molar-refractivity contribution in [1.29, 1.82) is 0 Å². The van der Waals surface area contributed by atoms with Crippen molar-refractivity contribution in [3.05, 3.63) is 142 Å². The smallest absolute Gasteiger partial charge is 0.225 e. The molecule has 0 bridgehead atoms. The van der Waals surface area contributed by atoms with Gasteiger partial charge in [-0.2, -0.15) is 0 Å². The van der Waals surface area contributed by atoms with Gasteiger partial charge in [0.25, 0.3) is 0 Å². The highest BCUT2D eigenvalue weighted by atomic mass is 35.5. The maximum absolute atomic E-state index is 13.4. The molecule has 40 heavy (non-hydrogen) atoms. The Balaban J connectivity index is 1.52. The number of thioether (sulfide) groups is 1. The third kappa shape index (κ3) is 7.10. The predicted molar refractivity (Wildman–Crippen MR) is 159 cm³/mol. The number of aromatic nitrogens is 3. The Hall–Kier alpha value is -3.65. The summed E-state index contributed by atoms with van der Waals surface area (Å²) in [6.07, 6.45) is 0.724. The molecule has 9 heteroatoms. The van der Waals surface area contributed by atoms with Crippen LogP contribution in [-0.2, 0) is 23.4 Å². The summed E-state index contributed by atoms with van der Waals surface area (Å²) in [5, 5.41) is 13.8. The lowest BCUT2D eigenvalue weighted by Gasteiger charge is -2.21. The lowest BCUT2D eigenvalue weighted by molar-refractivity contribution is -0.121. The van der Waals surface area contributed by atoms with E-state index >= 15 is 0 Å². The molecule has 1 N–H and O–H groups in total. The van der Waals surface area contributed by atoms with Crippen molar-refractivity contribution < 1.29 is 9.18 Å². The second-order valence-electron chi connectivity index (χ2n) is 9.16. The normalized spacial score (nSPS) is 11.8. The molecule has 0 aliphatic rings. The summed E-state index contributed by atoms with van der Waals surface area (Å²) in [7, 11) is 0. The number of carbonyl (C=O) groups excluding carboxylic acids is 1. The van der Waals surface area contributed by atoms with Crippen molar-refractivity contribution in [2.45, 2.75) is 29.8 Å². The Kier molecular flexibility index (Phi) is 9.16. The highest BCUT2D eigenvalue weighted by molar-refractivity contribution is 7.98. The van der Waals surface area contributed by atoms with Crippen molar-refractivity contribution in [1.82, 2.24) is 20.1 Å². The van der Waals surface area contributed by atoms with Crippen LogP contribution in [0, 0.1) is 5.82 Å². The van der Waals surface area contributed by atoms with Crippen molar-refractivity contribution in [3.8, 4) is 5.69 Å². The molecule has 0 fully saturated rings. The fourth-order valence-corrected chi connectivity index (χ4v) is 5.70. The molecule has 0 radical (unpaired) electrons. The largest absolute Gasteiger partial charge is 0.345 e. The first-order valence-corrected chi connectivity index (χ1v) is 14.4. The van der Waals surface area contributed by atoms with E-state index in [1.54, 1.807) is 24.3 Å². The van der Waals surface area contributed by atoms with Crippen molar-refractivity contribution in [2.24, 2.45) is 0 Å². The minimum Gasteiger partial charge on any atom is -0.345 e. The second kappa shape index (κ2) is 13.1. The van der Waals surface area contributed by atoms with Gasteiger partial charge < -0.3 is 5.32 Å². The van der Waals surface area contributed by atoms with Gasteiger partial charge in [-0.15, -0.1) is 10.2 Å². The zero-order valence-electron chi connectivity index (χ0n) is 21.3. The molecule has 0 aliphatic carbocycles. The molecular weight excluding hydrogens is 566 g/mol. The number of amides is 1. The van der Waals surface area contributed by atoms with Crippen LogP contribution in [-0.4, -0.2) is 20.7 Å². The van der Waals surface area contributed by atoms with Crippen LogP contribution >= 0.6 is 35.0 Å². The molecule has 0 saturated heterocycles. The molecule has 1 amide bonds. The van der Waals surface area contributed by atoms with Crippen LogP contribution in [0.2, 0.25) is 10.0 Å². The van der Waals surface area contributed by atoms with Gasteiger partial charge in [-0.1, -0.05) is 108 Å². The van der Waals surface area contributed by atoms with Crippen LogP contribution in [0.15, 0.2) is 108 Å². The molecule has 202 valence electrons. The maximum Gasteiger partial charge on any atom is 0.225 e. The lowest BCUT2D eigenvalue weighted by Crippen LogP contribution is -2.33. The number of nitrogens with zero attached hydrogens (tertiary/aromatic N) is 3. The SMILES string of the molecule is O=C(Cc1ccccc1)NC(Cc1ccccc1)c1nnc(SCc2ccc(F)cc2)n1-c1ccc(Cl)cc1Cl. The number of rotatable bonds is 10. The zero-order valence-corrected chi connectivity index (χ0v) is 23.6. The van der Waals surface area contributed by atoms with Gasteiger partial charge in [-0.05, 0) is 53.4 Å². The molecule has 1 unspecified atom stereocenters. The first kappa shape index (κ1) is 27.9. The molecule has 5 rings (SSSR count). The summed E-state index contributed by atoms with van der Waals surface area (Å²) in [6, 6.07) is 30.5. The predicted octanol–water partition coefficient (Wildman–Crippen LogP) is 7.65. The van der Waals surface area contributed by atoms with E-state index in [4.69, 9.17) is 23.2 Å². The van der Waals surface area contributed by atoms with Gasteiger partial charge in [0.05, 0.1) is 23.2 Å². The third-order valence-electron chi connectivity index (χ3n) is 6.23. The lowest BCUT2D eigenvalue weighted by atomic mass is 10.0. The van der Waals surface area contributed by atoms with Gasteiger partial charge in [0.1, 0.15) is 5.82 Å². The Morgan fingerprint density at radius 3 is 2.20 bits per heavy atom. The van der Waals surface area contributed by atoms with Gasteiger partial charge in [0, 0.05) is 10.8 Å². The topological polar surface area (TPSA) is 59.8 Å². The fourth-order valence-electron chi connectivity index (χ4n) is 4.30. The van der Waals surface area contributed by atoms with E-state index in [9.17, 15) is 9.18 Å². The molecule has 4 aromatic carbocycles. The Labute approximate surface area is 246 Å². The number of halogens is 3. The van der Waals surface area contributed by atoms with Crippen LogP contribution in [0.1, 0.15) is 28.6 Å². The monoisotopic (exact) mass is 590 g/mol. The van der Waals surface area contributed by atoms with Crippen LogP contribution in [0.3, 0.4) is 0 Å². The molecule has 0 saturated carbocycles. The first-order valence-electron chi connectivity index (χ1n) is 12.6. The van der Waals surface area contributed by atoms with Gasteiger partial charge >= 0.3 is 0 Å². The summed E-state index contributed by atoms with van der Waals surface area (Å²) in [5.41, 5.74) is 3.52. The van der Waals surface area contributed by atoms with Gasteiger partial charge in [-0.25, -0.2) is 4.39 Å². The quantitative estimate of drug-likeness (QED) is 0.170. The molecule has 5 nitrogen and oxygen atoms in total. The van der Waals surface area contributed by atoms with E-state index in [1.165, 1.54) is 23.9 Å². The molecular formula is C31H25Cl2FN4OS. The third-order valence-corrected chi connectivity index (χ3v) is 7.77. The fraction of sp³-hybridized carbons (Fsp3) is 0.129. The van der Waals surface area contributed by atoms with E-state index in [0.717, 1.165) is 16.7 Å². The number of carbonyl (C=O) groups is 1. The van der Waals surface area contributed by atoms with Gasteiger partial charge in [0.15, 0.2) is 11.0 Å². The summed E-state index contributed by atoms with van der Waals surface area (Å²) in [5.74, 6) is 0.649. The average molecular weight is 592 g/mol. The van der Waals surface area contributed by atoms with Gasteiger partial charge in [0.2, 0.25) is 5.91 Å². The van der Waals surface area contributed by atoms with Crippen LogP contribution in [0.5, 0.6) is 0 Å². The van der Waals surface area contributed by atoms with E-state index in [2.05, 4.69) is 15.5 Å². The standard InChI is InChI=1S/C31H25Cl2FN4OS/c32-24-13-16-28(26(33)19-24)38-30(36-37-31(38)40-20-23-11-14-25(34)15-12-23)27(17-21-7-3-1-4-8-21)35-29(39)18-22-9-5-2-6-10-22/h1-16,19,27H,17-18,20H2,(H,35,39). The maximum atomic E-state index is 13.4. The Morgan fingerprint density at radius 2 is 1.52 bits per heavy atom. The summed E-state index contributed by atoms with van der Waals surface area (Å²) >= 11 is 14.3. The molecule has 5 aromatic rings. The first-order chi connectivity index (χ1) is 19.5. The summed E-state index contributed by atoms with van der Waals surface area (Å²) < 4.78 is 15.3. The Morgan fingerprint density at radius 1 is 0.850 bits per heavy atom. The molecule has 0 aliphatic heterocycles. The molecule has 0 spiro atoms. The highest BCUT2D eigenvalue weighted by Crippen LogP contribution is 2.33. The summed E-state index contributed by atoms with van der Waals surface area (Å²) in [6.45, 7) is 0. The average Bonchev–Trinajstić information content (AvgIpc) is 3.37. The number of hydrogen-bond acceptors (Lipinski definition) is 4. The zero-order chi connectivity index (χ0) is 27.9. The van der Waals surface area contributed by atoms with E-state index in [-0.39, 0.29) is 18.1 Å². The number of benzene rings is 4. The minimum atomic E-state index is -0.502. The highest BCUT2D eigenvalue weighted by Gasteiger charge is 2.26. The van der Waals surface area contributed by atoms with Crippen molar-refractivity contribution in [2.75, 3.05) is 0 Å². The minimum absolute atomic E-state index is 0.135. The molecule has 1 atom stereocenters. The van der Waals surface area contributed by atoms with E-state index in [1.807, 2.05) is 71.3 Å². The summed E-state index contributed by atoms with van der Waals surface area (Å²) in [4.78, 5) is 13.2. The van der Waals surface area contributed by atoms with Crippen molar-refractivity contribution in [3.63, 3.8) is 0 Å². The molecule has 1 heterocycles. The van der Waals surface area contributed by atoms with Crippen LogP contribution in [0.25, 0.3) is 5.69 Å². The number of nitrogens with one attached hydrogen (secondary N) is 1. The molecule has 1 aromatic heterocycles. The van der Waals surface area contributed by atoms with Gasteiger partial charge in [-0.3, -0.25) is 9.36 Å². The van der Waals surface area contributed by atoms with Crippen molar-refractivity contribution >= 4 is 40.9 Å². The van der Waals surface area contributed by atoms with E-state index < -0.39 is 6.04 Å². The second-order valence-corrected chi connectivity index (χ2v) is 10.9. The van der Waals surface area contributed by atoms with Crippen LogP contribution < -0.4 is 5.32 Å². The van der Waals surface area contributed by atoms with E-state index in [0.29, 0.717) is 38.9 Å².